The molecule has 0 unspecified atom stereocenters. The van der Waals surface area contributed by atoms with Gasteiger partial charge in [-0.2, -0.15) is 0 Å². The van der Waals surface area contributed by atoms with Crippen molar-refractivity contribution in [3.8, 4) is 11.5 Å². The molecule has 0 aromatic heterocycles. The molecule has 1 heterocycles. The third kappa shape index (κ3) is 3.65. The fourth-order valence-corrected chi connectivity index (χ4v) is 2.23. The van der Waals surface area contributed by atoms with E-state index in [1.807, 2.05) is 13.8 Å². The molecule has 2 atom stereocenters. The fourth-order valence-electron chi connectivity index (χ4n) is 2.23. The summed E-state index contributed by atoms with van der Waals surface area (Å²) in [6, 6.07) is 6.44. The lowest BCUT2D eigenvalue weighted by molar-refractivity contribution is -0.143. The van der Waals surface area contributed by atoms with Gasteiger partial charge in [0.05, 0.1) is 13.2 Å². The van der Waals surface area contributed by atoms with Crippen molar-refractivity contribution in [1.82, 2.24) is 5.32 Å². The SMILES string of the molecule is COc1ccccc1OC(=O)[C@@H]1OC(=O)N[C@H]1CC(C)C. The van der Waals surface area contributed by atoms with Crippen molar-refractivity contribution in [3.05, 3.63) is 24.3 Å². The topological polar surface area (TPSA) is 73.9 Å². The van der Waals surface area contributed by atoms with E-state index in [1.165, 1.54) is 7.11 Å². The average molecular weight is 293 g/mol. The fraction of sp³-hybridized carbons (Fsp3) is 0.467. The van der Waals surface area contributed by atoms with Gasteiger partial charge in [0.1, 0.15) is 0 Å². The van der Waals surface area contributed by atoms with Crippen LogP contribution in [-0.4, -0.2) is 31.3 Å². The molecule has 6 heteroatoms. The van der Waals surface area contributed by atoms with E-state index in [1.54, 1.807) is 24.3 Å². The van der Waals surface area contributed by atoms with Gasteiger partial charge in [-0.3, -0.25) is 0 Å². The highest BCUT2D eigenvalue weighted by molar-refractivity contribution is 5.85. The Labute approximate surface area is 123 Å². The second-order valence-electron chi connectivity index (χ2n) is 5.28. The monoisotopic (exact) mass is 293 g/mol. The first-order valence-corrected chi connectivity index (χ1v) is 6.83. The van der Waals surface area contributed by atoms with Gasteiger partial charge in [-0.1, -0.05) is 26.0 Å². The van der Waals surface area contributed by atoms with Crippen molar-refractivity contribution < 1.29 is 23.8 Å². The molecule has 114 valence electrons. The Bertz CT molecular complexity index is 529. The predicted molar refractivity (Wildman–Crippen MR) is 75.3 cm³/mol. The molecule has 21 heavy (non-hydrogen) atoms. The van der Waals surface area contributed by atoms with Gasteiger partial charge in [0, 0.05) is 0 Å². The molecule has 0 bridgehead atoms. The van der Waals surface area contributed by atoms with Crippen LogP contribution >= 0.6 is 0 Å². The number of esters is 1. The molecule has 0 radical (unpaired) electrons. The lowest BCUT2D eigenvalue weighted by Crippen LogP contribution is -2.39. The maximum atomic E-state index is 12.2. The molecule has 1 aliphatic rings. The molecule has 0 spiro atoms. The summed E-state index contributed by atoms with van der Waals surface area (Å²) in [5.74, 6) is 0.460. The molecule has 1 aromatic carbocycles. The molecule has 1 amide bonds. The Morgan fingerprint density at radius 2 is 2.00 bits per heavy atom. The molecular weight excluding hydrogens is 274 g/mol. The summed E-state index contributed by atoms with van der Waals surface area (Å²) in [7, 11) is 1.49. The third-order valence-electron chi connectivity index (χ3n) is 3.14. The van der Waals surface area contributed by atoms with Gasteiger partial charge in [-0.25, -0.2) is 9.59 Å². The Hall–Kier alpha value is -2.24. The number of ether oxygens (including phenoxy) is 3. The summed E-state index contributed by atoms with van der Waals surface area (Å²) in [5, 5.41) is 2.64. The zero-order valence-corrected chi connectivity index (χ0v) is 12.3. The number of hydrogen-bond acceptors (Lipinski definition) is 5. The molecule has 0 aliphatic carbocycles. The largest absolute Gasteiger partial charge is 0.493 e. The summed E-state index contributed by atoms with van der Waals surface area (Å²) in [6.45, 7) is 4.01. The maximum Gasteiger partial charge on any atom is 0.408 e. The molecule has 1 N–H and O–H groups in total. The van der Waals surface area contributed by atoms with Crippen molar-refractivity contribution in [2.45, 2.75) is 32.4 Å². The number of nitrogens with one attached hydrogen (secondary N) is 1. The van der Waals surface area contributed by atoms with Crippen molar-refractivity contribution in [2.75, 3.05) is 7.11 Å². The van der Waals surface area contributed by atoms with Crippen LogP contribution < -0.4 is 14.8 Å². The lowest BCUT2D eigenvalue weighted by atomic mass is 10.00. The van der Waals surface area contributed by atoms with Crippen LogP contribution in [0.5, 0.6) is 11.5 Å². The van der Waals surface area contributed by atoms with Crippen LogP contribution in [0.25, 0.3) is 0 Å². The van der Waals surface area contributed by atoms with Crippen LogP contribution in [0.2, 0.25) is 0 Å². The minimum absolute atomic E-state index is 0.302. The Kier molecular flexibility index (Phi) is 4.67. The van der Waals surface area contributed by atoms with E-state index in [-0.39, 0.29) is 6.04 Å². The normalized spacial score (nSPS) is 20.9. The molecular formula is C15H19NO5. The summed E-state index contributed by atoms with van der Waals surface area (Å²) in [6.07, 6.45) is -0.898. The van der Waals surface area contributed by atoms with E-state index < -0.39 is 18.2 Å². The number of cyclic esters (lactones) is 1. The summed E-state index contributed by atoms with van der Waals surface area (Å²) in [5.41, 5.74) is 0. The van der Waals surface area contributed by atoms with Gasteiger partial charge in [-0.15, -0.1) is 0 Å². The van der Waals surface area contributed by atoms with Crippen LogP contribution in [0.3, 0.4) is 0 Å². The van der Waals surface area contributed by atoms with Gasteiger partial charge >= 0.3 is 12.1 Å². The van der Waals surface area contributed by atoms with Crippen molar-refractivity contribution in [2.24, 2.45) is 5.92 Å². The van der Waals surface area contributed by atoms with Crippen LogP contribution in [0.1, 0.15) is 20.3 Å². The van der Waals surface area contributed by atoms with Gasteiger partial charge in [-0.05, 0) is 24.5 Å². The zero-order chi connectivity index (χ0) is 15.4. The number of para-hydroxylation sites is 2. The average Bonchev–Trinajstić information content (AvgIpc) is 2.79. The molecule has 1 fully saturated rings. The standard InChI is InChI=1S/C15H19NO5/c1-9(2)8-10-13(21-15(18)16-10)14(17)20-12-7-5-4-6-11(12)19-3/h4-7,9-10,13H,8H2,1-3H3,(H,16,18)/t10-,13+/m0/s1. The van der Waals surface area contributed by atoms with Crippen molar-refractivity contribution >= 4 is 12.1 Å². The smallest absolute Gasteiger partial charge is 0.408 e. The quantitative estimate of drug-likeness (QED) is 0.665. The number of methoxy groups -OCH3 is 1. The van der Waals surface area contributed by atoms with E-state index in [2.05, 4.69) is 5.32 Å². The Morgan fingerprint density at radius 1 is 1.33 bits per heavy atom. The first-order valence-electron chi connectivity index (χ1n) is 6.83. The van der Waals surface area contributed by atoms with Crippen molar-refractivity contribution in [3.63, 3.8) is 0 Å². The molecule has 6 nitrogen and oxygen atoms in total. The van der Waals surface area contributed by atoms with Crippen LogP contribution in [0.4, 0.5) is 4.79 Å². The number of alkyl carbamates (subject to hydrolysis) is 1. The molecule has 0 saturated carbocycles. The van der Waals surface area contributed by atoms with E-state index in [4.69, 9.17) is 14.2 Å². The third-order valence-corrected chi connectivity index (χ3v) is 3.14. The second kappa shape index (κ2) is 6.47. The highest BCUT2D eigenvalue weighted by Crippen LogP contribution is 2.27. The van der Waals surface area contributed by atoms with Crippen LogP contribution in [0, 0.1) is 5.92 Å². The minimum Gasteiger partial charge on any atom is -0.493 e. The molecule has 1 aromatic rings. The van der Waals surface area contributed by atoms with Gasteiger partial charge in [0.25, 0.3) is 0 Å². The van der Waals surface area contributed by atoms with E-state index in [0.717, 1.165) is 0 Å². The summed E-state index contributed by atoms with van der Waals surface area (Å²) < 4.78 is 15.4. The highest BCUT2D eigenvalue weighted by Gasteiger charge is 2.41. The molecule has 2 rings (SSSR count). The number of carbonyl (C=O) groups is 2. The van der Waals surface area contributed by atoms with E-state index in [0.29, 0.717) is 23.8 Å². The molecule has 1 aliphatic heterocycles. The minimum atomic E-state index is -0.940. The highest BCUT2D eigenvalue weighted by atomic mass is 16.6. The van der Waals surface area contributed by atoms with Crippen molar-refractivity contribution in [1.29, 1.82) is 0 Å². The Morgan fingerprint density at radius 3 is 2.62 bits per heavy atom. The lowest BCUT2D eigenvalue weighted by Gasteiger charge is -2.17. The number of rotatable bonds is 5. The first kappa shape index (κ1) is 15.2. The Balaban J connectivity index is 2.09. The number of benzene rings is 1. The van der Waals surface area contributed by atoms with Gasteiger partial charge in [0.2, 0.25) is 6.10 Å². The first-order chi connectivity index (χ1) is 10.0. The number of amides is 1. The maximum absolute atomic E-state index is 12.2. The zero-order valence-electron chi connectivity index (χ0n) is 12.3. The number of carbonyl (C=O) groups excluding carboxylic acids is 2. The van der Waals surface area contributed by atoms with Gasteiger partial charge in [0.15, 0.2) is 11.5 Å². The summed E-state index contributed by atoms with van der Waals surface area (Å²) >= 11 is 0. The van der Waals surface area contributed by atoms with Crippen LogP contribution in [0.15, 0.2) is 24.3 Å². The second-order valence-corrected chi connectivity index (χ2v) is 5.28. The predicted octanol–water partition coefficient (Wildman–Crippen LogP) is 2.12. The van der Waals surface area contributed by atoms with Crippen LogP contribution in [-0.2, 0) is 9.53 Å². The summed E-state index contributed by atoms with van der Waals surface area (Å²) in [4.78, 5) is 23.6. The van der Waals surface area contributed by atoms with E-state index in [9.17, 15) is 9.59 Å². The molecule has 1 saturated heterocycles. The van der Waals surface area contributed by atoms with E-state index >= 15 is 0 Å². The number of hydrogen-bond donors (Lipinski definition) is 1. The van der Waals surface area contributed by atoms with Gasteiger partial charge < -0.3 is 19.5 Å².